The fourth-order valence-electron chi connectivity index (χ4n) is 3.35. The monoisotopic (exact) mass is 426 g/mol. The molecule has 0 spiro atoms. The van der Waals surface area contributed by atoms with E-state index in [-0.39, 0.29) is 12.6 Å². The largest absolute Gasteiger partial charge is 0.486 e. The van der Waals surface area contributed by atoms with E-state index in [9.17, 15) is 9.59 Å². The summed E-state index contributed by atoms with van der Waals surface area (Å²) in [5.74, 6) is -0.301. The van der Waals surface area contributed by atoms with Crippen LogP contribution < -0.4 is 20.1 Å². The van der Waals surface area contributed by atoms with Gasteiger partial charge in [0.05, 0.1) is 11.7 Å². The van der Waals surface area contributed by atoms with E-state index in [1.165, 1.54) is 0 Å². The molecule has 156 valence electrons. The van der Waals surface area contributed by atoms with E-state index >= 15 is 0 Å². The van der Waals surface area contributed by atoms with Crippen LogP contribution >= 0.6 is 11.3 Å². The van der Waals surface area contributed by atoms with Crippen molar-refractivity contribution < 1.29 is 19.1 Å². The third-order valence-corrected chi connectivity index (χ3v) is 5.43. The van der Waals surface area contributed by atoms with E-state index in [0.29, 0.717) is 30.4 Å². The van der Waals surface area contributed by atoms with Gasteiger partial charge in [-0.1, -0.05) is 0 Å². The Morgan fingerprint density at radius 1 is 1.13 bits per heavy atom. The van der Waals surface area contributed by atoms with Crippen molar-refractivity contribution in [2.75, 3.05) is 25.1 Å². The van der Waals surface area contributed by atoms with Crippen molar-refractivity contribution in [3.05, 3.63) is 58.0 Å². The number of fused-ring (bicyclic) bond motifs is 1. The normalized spacial score (nSPS) is 13.5. The summed E-state index contributed by atoms with van der Waals surface area (Å²) in [6.07, 6.45) is 0. The van der Waals surface area contributed by atoms with Crippen LogP contribution in [0.1, 0.15) is 23.0 Å². The quantitative estimate of drug-likeness (QED) is 0.612. The number of nitrogens with zero attached hydrogens (tertiary/aromatic N) is 2. The maximum absolute atomic E-state index is 12.4. The highest BCUT2D eigenvalue weighted by Crippen LogP contribution is 2.32. The van der Waals surface area contributed by atoms with Crippen LogP contribution in [0.15, 0.2) is 41.1 Å². The molecule has 4 rings (SSSR count). The van der Waals surface area contributed by atoms with E-state index in [1.54, 1.807) is 29.5 Å². The summed E-state index contributed by atoms with van der Waals surface area (Å²) >= 11 is 1.57. The first-order chi connectivity index (χ1) is 14.5. The smallest absolute Gasteiger partial charge is 0.313 e. The van der Waals surface area contributed by atoms with Crippen molar-refractivity contribution in [1.29, 1.82) is 0 Å². The molecule has 0 saturated heterocycles. The number of thiophene rings is 1. The van der Waals surface area contributed by atoms with Gasteiger partial charge >= 0.3 is 11.8 Å². The molecule has 9 heteroatoms. The number of anilines is 1. The molecule has 0 radical (unpaired) electrons. The molecule has 3 aromatic rings. The van der Waals surface area contributed by atoms with Crippen molar-refractivity contribution in [3.8, 4) is 11.5 Å². The van der Waals surface area contributed by atoms with Crippen LogP contribution in [0, 0.1) is 13.8 Å². The lowest BCUT2D eigenvalue weighted by atomic mass is 10.1. The first kappa shape index (κ1) is 20.0. The molecular weight excluding hydrogens is 404 g/mol. The van der Waals surface area contributed by atoms with Gasteiger partial charge in [0.25, 0.3) is 0 Å². The second-order valence-corrected chi connectivity index (χ2v) is 7.75. The van der Waals surface area contributed by atoms with E-state index in [2.05, 4.69) is 15.7 Å². The van der Waals surface area contributed by atoms with E-state index < -0.39 is 11.8 Å². The zero-order valence-corrected chi connectivity index (χ0v) is 17.5. The SMILES string of the molecule is Cc1cc(C)n(C(CNC(=O)C(=O)Nc2ccc3c(c2)OCCO3)c2ccsc2)n1. The lowest BCUT2D eigenvalue weighted by Gasteiger charge is -2.20. The maximum atomic E-state index is 12.4. The van der Waals surface area contributed by atoms with Crippen molar-refractivity contribution >= 4 is 28.8 Å². The fraction of sp³-hybridized carbons (Fsp3) is 0.286. The lowest BCUT2D eigenvalue weighted by Crippen LogP contribution is -2.39. The molecule has 0 fully saturated rings. The molecule has 1 atom stereocenters. The van der Waals surface area contributed by atoms with E-state index in [1.807, 2.05) is 41.4 Å². The molecule has 1 aliphatic heterocycles. The molecule has 3 heterocycles. The Hall–Kier alpha value is -3.33. The zero-order chi connectivity index (χ0) is 21.1. The summed E-state index contributed by atoms with van der Waals surface area (Å²) in [6, 6.07) is 8.79. The third kappa shape index (κ3) is 4.30. The highest BCUT2D eigenvalue weighted by atomic mass is 32.1. The second-order valence-electron chi connectivity index (χ2n) is 6.97. The molecule has 1 aliphatic rings. The number of aryl methyl sites for hydroxylation is 2. The summed E-state index contributed by atoms with van der Waals surface area (Å²) < 4.78 is 12.8. The van der Waals surface area contributed by atoms with E-state index in [4.69, 9.17) is 9.47 Å². The van der Waals surface area contributed by atoms with Gasteiger partial charge in [0, 0.05) is 24.0 Å². The van der Waals surface area contributed by atoms with Gasteiger partial charge in [-0.2, -0.15) is 16.4 Å². The number of amides is 2. The Morgan fingerprint density at radius 2 is 1.93 bits per heavy atom. The number of ether oxygens (including phenoxy) is 2. The fourth-order valence-corrected chi connectivity index (χ4v) is 4.06. The van der Waals surface area contributed by atoms with Gasteiger partial charge in [0.15, 0.2) is 11.5 Å². The zero-order valence-electron chi connectivity index (χ0n) is 16.7. The standard InChI is InChI=1S/C21H22N4O4S/c1-13-9-14(2)25(24-13)17(15-5-8-30-12-15)11-22-20(26)21(27)23-16-3-4-18-19(10-16)29-7-6-28-18/h3-5,8-10,12,17H,6-7,11H2,1-2H3,(H,22,26)(H,23,27). The van der Waals surface area contributed by atoms with Gasteiger partial charge in [-0.25, -0.2) is 0 Å². The predicted octanol–water partition coefficient (Wildman–Crippen LogP) is 2.68. The minimum atomic E-state index is -0.746. The van der Waals surface area contributed by atoms with Crippen molar-refractivity contribution in [2.24, 2.45) is 0 Å². The van der Waals surface area contributed by atoms with Gasteiger partial charge in [-0.05, 0) is 54.4 Å². The summed E-state index contributed by atoms with van der Waals surface area (Å²) in [5, 5.41) is 13.9. The van der Waals surface area contributed by atoms with Crippen LogP contribution in [0.4, 0.5) is 5.69 Å². The number of carbonyl (C=O) groups excluding carboxylic acids is 2. The summed E-state index contributed by atoms with van der Waals surface area (Å²) in [6.45, 7) is 5.07. The summed E-state index contributed by atoms with van der Waals surface area (Å²) in [5.41, 5.74) is 3.38. The van der Waals surface area contributed by atoms with Gasteiger partial charge in [0.1, 0.15) is 13.2 Å². The minimum Gasteiger partial charge on any atom is -0.486 e. The molecule has 2 amide bonds. The van der Waals surface area contributed by atoms with Gasteiger partial charge in [-0.3, -0.25) is 14.3 Å². The molecule has 0 bridgehead atoms. The van der Waals surface area contributed by atoms with E-state index in [0.717, 1.165) is 17.0 Å². The third-order valence-electron chi connectivity index (χ3n) is 4.73. The van der Waals surface area contributed by atoms with Crippen molar-refractivity contribution in [2.45, 2.75) is 19.9 Å². The Morgan fingerprint density at radius 3 is 2.63 bits per heavy atom. The molecular formula is C21H22N4O4S. The maximum Gasteiger partial charge on any atom is 0.313 e. The highest BCUT2D eigenvalue weighted by Gasteiger charge is 2.21. The molecule has 0 aliphatic carbocycles. The molecule has 2 N–H and O–H groups in total. The van der Waals surface area contributed by atoms with Crippen LogP contribution in [-0.4, -0.2) is 41.4 Å². The number of aromatic nitrogens is 2. The highest BCUT2D eigenvalue weighted by molar-refractivity contribution is 7.08. The second kappa shape index (κ2) is 8.58. The van der Waals surface area contributed by atoms with Crippen molar-refractivity contribution in [1.82, 2.24) is 15.1 Å². The predicted molar refractivity (Wildman–Crippen MR) is 113 cm³/mol. The number of hydrogen-bond acceptors (Lipinski definition) is 6. The first-order valence-electron chi connectivity index (χ1n) is 9.55. The molecule has 1 unspecified atom stereocenters. The summed E-state index contributed by atoms with van der Waals surface area (Å²) in [4.78, 5) is 24.8. The molecule has 8 nitrogen and oxygen atoms in total. The number of benzene rings is 1. The van der Waals surface area contributed by atoms with Gasteiger partial charge in [-0.15, -0.1) is 0 Å². The number of hydrogen-bond donors (Lipinski definition) is 2. The van der Waals surface area contributed by atoms with Crippen LogP contribution in [-0.2, 0) is 9.59 Å². The lowest BCUT2D eigenvalue weighted by molar-refractivity contribution is -0.136. The first-order valence-corrected chi connectivity index (χ1v) is 10.5. The average molecular weight is 426 g/mol. The minimum absolute atomic E-state index is 0.198. The molecule has 0 saturated carbocycles. The number of carbonyl (C=O) groups is 2. The van der Waals surface area contributed by atoms with Crippen LogP contribution in [0.25, 0.3) is 0 Å². The average Bonchev–Trinajstić information content (AvgIpc) is 3.38. The van der Waals surface area contributed by atoms with Crippen LogP contribution in [0.2, 0.25) is 0 Å². The Kier molecular flexibility index (Phi) is 5.71. The molecule has 2 aromatic heterocycles. The van der Waals surface area contributed by atoms with Crippen molar-refractivity contribution in [3.63, 3.8) is 0 Å². The van der Waals surface area contributed by atoms with Gasteiger partial charge in [0.2, 0.25) is 0 Å². The van der Waals surface area contributed by atoms with Crippen LogP contribution in [0.5, 0.6) is 11.5 Å². The Bertz CT molecular complexity index is 1060. The Balaban J connectivity index is 1.42. The number of nitrogens with one attached hydrogen (secondary N) is 2. The van der Waals surface area contributed by atoms with Gasteiger partial charge < -0.3 is 20.1 Å². The summed E-state index contributed by atoms with van der Waals surface area (Å²) in [7, 11) is 0. The van der Waals surface area contributed by atoms with Crippen LogP contribution in [0.3, 0.4) is 0 Å². The molecule has 30 heavy (non-hydrogen) atoms. The molecule has 1 aromatic carbocycles. The topological polar surface area (TPSA) is 94.5 Å². The number of rotatable bonds is 5. The Labute approximate surface area is 177 Å².